The Morgan fingerprint density at radius 2 is 1.97 bits per heavy atom. The highest BCUT2D eigenvalue weighted by Gasteiger charge is 2.35. The summed E-state index contributed by atoms with van der Waals surface area (Å²) in [6.07, 6.45) is 3.21. The van der Waals surface area contributed by atoms with Crippen molar-refractivity contribution in [2.75, 3.05) is 56.4 Å². The van der Waals surface area contributed by atoms with E-state index < -0.39 is 21.7 Å². The summed E-state index contributed by atoms with van der Waals surface area (Å²) >= 11 is 0. The van der Waals surface area contributed by atoms with Crippen molar-refractivity contribution in [3.05, 3.63) is 29.5 Å². The number of sulfone groups is 1. The van der Waals surface area contributed by atoms with Gasteiger partial charge in [-0.1, -0.05) is 0 Å². The van der Waals surface area contributed by atoms with E-state index in [-0.39, 0.29) is 41.5 Å². The molecule has 0 aromatic heterocycles. The number of aliphatic hydroxyl groups excluding tert-OH is 1. The number of ether oxygens (including phenoxy) is 1. The maximum atomic E-state index is 12.8. The number of benzene rings is 1. The van der Waals surface area contributed by atoms with E-state index >= 15 is 0 Å². The maximum absolute atomic E-state index is 12.8. The number of amides is 1. The van der Waals surface area contributed by atoms with Gasteiger partial charge in [0.1, 0.15) is 5.70 Å². The first-order valence-electron chi connectivity index (χ1n) is 9.34. The fourth-order valence-electron chi connectivity index (χ4n) is 3.59. The van der Waals surface area contributed by atoms with Gasteiger partial charge in [-0.15, -0.1) is 0 Å². The lowest BCUT2D eigenvalue weighted by Gasteiger charge is -2.21. The van der Waals surface area contributed by atoms with Crippen LogP contribution in [0.3, 0.4) is 0 Å². The SMILES string of the molecule is COC(=O)C1=C(Nc2cc(N3CCCC3)ccc2S(C)(=O)=O)C(=O)N(CCO)C1. The minimum atomic E-state index is -3.58. The lowest BCUT2D eigenvalue weighted by molar-refractivity contribution is -0.136. The van der Waals surface area contributed by atoms with Gasteiger partial charge >= 0.3 is 5.97 Å². The highest BCUT2D eigenvalue weighted by Crippen LogP contribution is 2.32. The number of esters is 1. The zero-order valence-corrected chi connectivity index (χ0v) is 17.3. The molecule has 1 fully saturated rings. The molecule has 1 aromatic carbocycles. The fourth-order valence-corrected chi connectivity index (χ4v) is 4.42. The van der Waals surface area contributed by atoms with Crippen LogP contribution in [0.5, 0.6) is 0 Å². The fraction of sp³-hybridized carbons (Fsp3) is 0.474. The van der Waals surface area contributed by atoms with Gasteiger partial charge in [0.2, 0.25) is 0 Å². The zero-order chi connectivity index (χ0) is 21.2. The van der Waals surface area contributed by atoms with Crippen molar-refractivity contribution in [2.45, 2.75) is 17.7 Å². The zero-order valence-electron chi connectivity index (χ0n) is 16.5. The van der Waals surface area contributed by atoms with Crippen LogP contribution in [0.15, 0.2) is 34.4 Å². The van der Waals surface area contributed by atoms with Gasteiger partial charge in [-0.2, -0.15) is 0 Å². The van der Waals surface area contributed by atoms with Crippen LogP contribution >= 0.6 is 0 Å². The van der Waals surface area contributed by atoms with Crippen molar-refractivity contribution in [1.29, 1.82) is 0 Å². The van der Waals surface area contributed by atoms with Gasteiger partial charge < -0.3 is 25.0 Å². The molecule has 0 spiro atoms. The molecule has 0 atom stereocenters. The van der Waals surface area contributed by atoms with Gasteiger partial charge in [-0.25, -0.2) is 13.2 Å². The number of β-amino-alcohol motifs (C(OH)–C–C–N with tert-alkyl or cyclic N) is 1. The average molecular weight is 423 g/mol. The number of carbonyl (C=O) groups excluding carboxylic acids is 2. The Morgan fingerprint density at radius 3 is 2.55 bits per heavy atom. The summed E-state index contributed by atoms with van der Waals surface area (Å²) in [5, 5.41) is 12.1. The molecular formula is C19H25N3O6S. The van der Waals surface area contributed by atoms with Gasteiger partial charge in [-0.05, 0) is 31.0 Å². The summed E-state index contributed by atoms with van der Waals surface area (Å²) in [4.78, 5) is 28.4. The Balaban J connectivity index is 2.04. The predicted octanol–water partition coefficient (Wildman–Crippen LogP) is 0.364. The third kappa shape index (κ3) is 4.38. The van der Waals surface area contributed by atoms with E-state index in [1.54, 1.807) is 12.1 Å². The number of nitrogens with zero attached hydrogens (tertiary/aromatic N) is 2. The number of rotatable bonds is 7. The van der Waals surface area contributed by atoms with Gasteiger partial charge in [0.05, 0.1) is 36.4 Å². The Labute approximate surface area is 169 Å². The van der Waals surface area contributed by atoms with Crippen molar-refractivity contribution < 1.29 is 27.9 Å². The molecule has 1 saturated heterocycles. The molecule has 0 saturated carbocycles. The highest BCUT2D eigenvalue weighted by atomic mass is 32.2. The van der Waals surface area contributed by atoms with Gasteiger partial charge in [0.25, 0.3) is 5.91 Å². The third-order valence-corrected chi connectivity index (χ3v) is 6.20. The monoisotopic (exact) mass is 423 g/mol. The number of hydrogen-bond acceptors (Lipinski definition) is 8. The standard InChI is InChI=1S/C19H25N3O6S/c1-28-19(25)14-12-22(9-10-23)18(24)17(14)20-15-11-13(21-7-3-4-8-21)5-6-16(15)29(2,26)27/h5-6,11,20,23H,3-4,7-10,12H2,1-2H3. The maximum Gasteiger partial charge on any atom is 0.337 e. The molecule has 2 aliphatic rings. The first-order valence-corrected chi connectivity index (χ1v) is 11.2. The molecule has 1 aromatic rings. The molecule has 3 rings (SSSR count). The van der Waals surface area contributed by atoms with Crippen LogP contribution in [0.4, 0.5) is 11.4 Å². The van der Waals surface area contributed by atoms with Crippen molar-refractivity contribution in [3.8, 4) is 0 Å². The molecule has 2 heterocycles. The largest absolute Gasteiger partial charge is 0.466 e. The van der Waals surface area contributed by atoms with Gasteiger partial charge in [-0.3, -0.25) is 4.79 Å². The van der Waals surface area contributed by atoms with E-state index in [1.807, 2.05) is 0 Å². The van der Waals surface area contributed by atoms with Crippen molar-refractivity contribution in [1.82, 2.24) is 4.90 Å². The second-order valence-corrected chi connectivity index (χ2v) is 9.05. The molecule has 2 aliphatic heterocycles. The molecule has 0 radical (unpaired) electrons. The van der Waals surface area contributed by atoms with Crippen LogP contribution in [0.2, 0.25) is 0 Å². The number of anilines is 2. The molecule has 0 bridgehead atoms. The van der Waals surface area contributed by atoms with Gasteiger partial charge in [0.15, 0.2) is 9.84 Å². The topological polar surface area (TPSA) is 116 Å². The Kier molecular flexibility index (Phi) is 6.13. The minimum Gasteiger partial charge on any atom is -0.466 e. The van der Waals surface area contributed by atoms with Crippen LogP contribution in [-0.4, -0.2) is 76.5 Å². The Bertz CT molecular complexity index is 951. The summed E-state index contributed by atoms with van der Waals surface area (Å²) in [5.41, 5.74) is 1.13. The molecule has 0 aliphatic carbocycles. The molecule has 1 amide bonds. The molecule has 10 heteroatoms. The Hall–Kier alpha value is -2.59. The first kappa shape index (κ1) is 21.1. The van der Waals surface area contributed by atoms with E-state index in [0.717, 1.165) is 37.9 Å². The molecular weight excluding hydrogens is 398 g/mol. The number of methoxy groups -OCH3 is 1. The van der Waals surface area contributed by atoms with Crippen LogP contribution in [0.25, 0.3) is 0 Å². The van der Waals surface area contributed by atoms with Crippen LogP contribution in [0, 0.1) is 0 Å². The third-order valence-electron chi connectivity index (χ3n) is 5.05. The molecule has 2 N–H and O–H groups in total. The minimum absolute atomic E-state index is 0.0194. The van der Waals surface area contributed by atoms with Crippen molar-refractivity contribution in [2.24, 2.45) is 0 Å². The second-order valence-electron chi connectivity index (χ2n) is 7.07. The Morgan fingerprint density at radius 1 is 1.28 bits per heavy atom. The number of aliphatic hydroxyl groups is 1. The number of hydrogen-bond donors (Lipinski definition) is 2. The van der Waals surface area contributed by atoms with E-state index in [1.165, 1.54) is 18.1 Å². The van der Waals surface area contributed by atoms with E-state index in [4.69, 9.17) is 4.74 Å². The van der Waals surface area contributed by atoms with Gasteiger partial charge in [0, 0.05) is 31.6 Å². The molecule has 158 valence electrons. The van der Waals surface area contributed by atoms with E-state index in [0.29, 0.717) is 0 Å². The summed E-state index contributed by atoms with van der Waals surface area (Å²) in [5.74, 6) is -1.18. The summed E-state index contributed by atoms with van der Waals surface area (Å²) in [7, 11) is -2.37. The molecule has 9 nitrogen and oxygen atoms in total. The summed E-state index contributed by atoms with van der Waals surface area (Å²) < 4.78 is 29.4. The normalized spacial score (nSPS) is 17.3. The average Bonchev–Trinajstić information content (AvgIpc) is 3.31. The van der Waals surface area contributed by atoms with E-state index in [2.05, 4.69) is 10.2 Å². The smallest absolute Gasteiger partial charge is 0.337 e. The summed E-state index contributed by atoms with van der Waals surface area (Å²) in [6, 6.07) is 4.94. The van der Waals surface area contributed by atoms with Crippen LogP contribution in [0.1, 0.15) is 12.8 Å². The second kappa shape index (κ2) is 8.42. The van der Waals surface area contributed by atoms with Crippen LogP contribution in [-0.2, 0) is 24.2 Å². The predicted molar refractivity (Wildman–Crippen MR) is 107 cm³/mol. The van der Waals surface area contributed by atoms with Crippen LogP contribution < -0.4 is 10.2 Å². The highest BCUT2D eigenvalue weighted by molar-refractivity contribution is 7.90. The molecule has 29 heavy (non-hydrogen) atoms. The quantitative estimate of drug-likeness (QED) is 0.604. The van der Waals surface area contributed by atoms with E-state index in [9.17, 15) is 23.1 Å². The van der Waals surface area contributed by atoms with Crippen molar-refractivity contribution >= 4 is 33.1 Å². The lowest BCUT2D eigenvalue weighted by Crippen LogP contribution is -2.31. The van der Waals surface area contributed by atoms with Crippen molar-refractivity contribution in [3.63, 3.8) is 0 Å². The first-order chi connectivity index (χ1) is 13.8. The number of nitrogens with one attached hydrogen (secondary N) is 1. The number of carbonyl (C=O) groups is 2. The summed E-state index contributed by atoms with van der Waals surface area (Å²) in [6.45, 7) is 1.52. The lowest BCUT2D eigenvalue weighted by atomic mass is 10.2. The molecule has 0 unspecified atom stereocenters.